The first-order valence-corrected chi connectivity index (χ1v) is 11.4. The Morgan fingerprint density at radius 3 is 2.53 bits per heavy atom. The van der Waals surface area contributed by atoms with Gasteiger partial charge in [0.05, 0.1) is 10.6 Å². The summed E-state index contributed by atoms with van der Waals surface area (Å²) in [6.07, 6.45) is 2.67. The number of carboxylic acids is 1. The molecule has 2 aliphatic rings. The van der Waals surface area contributed by atoms with Crippen molar-refractivity contribution >= 4 is 29.2 Å². The zero-order valence-corrected chi connectivity index (χ0v) is 19.4. The number of benzene rings is 2. The van der Waals surface area contributed by atoms with Crippen LogP contribution in [-0.2, 0) is 10.3 Å². The topological polar surface area (TPSA) is 75.3 Å². The number of nitrogens with one attached hydrogen (secondary N) is 1. The third-order valence-electron chi connectivity index (χ3n) is 7.20. The molecule has 4 nitrogen and oxygen atoms in total. The summed E-state index contributed by atoms with van der Waals surface area (Å²) in [7, 11) is 0. The Morgan fingerprint density at radius 1 is 1.25 bits per heavy atom. The van der Waals surface area contributed by atoms with E-state index in [0.717, 1.165) is 18.9 Å². The molecule has 0 amide bonds. The van der Waals surface area contributed by atoms with Gasteiger partial charge in [0.25, 0.3) is 0 Å². The van der Waals surface area contributed by atoms with Crippen LogP contribution in [-0.4, -0.2) is 23.2 Å². The van der Waals surface area contributed by atoms with E-state index < -0.39 is 41.1 Å². The lowest BCUT2D eigenvalue weighted by Gasteiger charge is -2.40. The molecule has 4 atom stereocenters. The zero-order valence-electron chi connectivity index (χ0n) is 17.8. The summed E-state index contributed by atoms with van der Waals surface area (Å²) >= 11 is 12.0. The van der Waals surface area contributed by atoms with E-state index in [2.05, 4.69) is 19.2 Å². The van der Waals surface area contributed by atoms with Crippen molar-refractivity contribution in [2.75, 3.05) is 0 Å². The quantitative estimate of drug-likeness (QED) is 0.510. The van der Waals surface area contributed by atoms with Crippen LogP contribution in [0.5, 0.6) is 0 Å². The number of hydrogen-bond acceptors (Lipinski definition) is 3. The van der Waals surface area contributed by atoms with Crippen LogP contribution < -0.4 is 11.1 Å². The van der Waals surface area contributed by atoms with Gasteiger partial charge in [-0.2, -0.15) is 0 Å². The van der Waals surface area contributed by atoms with Gasteiger partial charge >= 0.3 is 5.97 Å². The summed E-state index contributed by atoms with van der Waals surface area (Å²) in [5, 5.41) is 13.2. The lowest BCUT2D eigenvalue weighted by molar-refractivity contribution is -0.139. The van der Waals surface area contributed by atoms with Gasteiger partial charge in [-0.1, -0.05) is 55.2 Å². The fourth-order valence-electron chi connectivity index (χ4n) is 5.34. The normalized spacial score (nSPS) is 28.2. The SMILES string of the molecule is CC(C)(CC1NC(C(=O)O)C(c2cccc(Cl)c2F)C1(N)c1ccc(Cl)cc1F)C1CC1. The minimum absolute atomic E-state index is 0.0426. The number of carbonyl (C=O) groups is 1. The molecule has 1 heterocycles. The third-order valence-corrected chi connectivity index (χ3v) is 7.73. The number of halogens is 4. The van der Waals surface area contributed by atoms with Gasteiger partial charge in [0, 0.05) is 22.5 Å². The van der Waals surface area contributed by atoms with E-state index in [1.807, 2.05) is 0 Å². The van der Waals surface area contributed by atoms with E-state index in [-0.39, 0.29) is 26.6 Å². The molecule has 0 radical (unpaired) electrons. The van der Waals surface area contributed by atoms with E-state index in [1.54, 1.807) is 6.07 Å². The van der Waals surface area contributed by atoms with E-state index in [9.17, 15) is 9.90 Å². The molecule has 1 saturated carbocycles. The first-order chi connectivity index (χ1) is 15.0. The average molecular weight is 483 g/mol. The minimum atomic E-state index is -1.56. The van der Waals surface area contributed by atoms with Crippen LogP contribution in [0.2, 0.25) is 10.0 Å². The van der Waals surface area contributed by atoms with Crippen LogP contribution >= 0.6 is 23.2 Å². The number of aliphatic carboxylic acids is 1. The highest BCUT2D eigenvalue weighted by Gasteiger charge is 2.59. The van der Waals surface area contributed by atoms with Crippen LogP contribution in [0.15, 0.2) is 36.4 Å². The highest BCUT2D eigenvalue weighted by molar-refractivity contribution is 6.31. The van der Waals surface area contributed by atoms with Crippen molar-refractivity contribution in [2.45, 2.75) is 56.7 Å². The molecule has 8 heteroatoms. The van der Waals surface area contributed by atoms with Crippen LogP contribution in [0.1, 0.15) is 50.2 Å². The number of carboxylic acid groups (broad SMARTS) is 1. The van der Waals surface area contributed by atoms with Crippen LogP contribution in [0.3, 0.4) is 0 Å². The molecule has 1 aliphatic heterocycles. The lowest BCUT2D eigenvalue weighted by atomic mass is 9.67. The largest absolute Gasteiger partial charge is 0.480 e. The Kier molecular flexibility index (Phi) is 6.04. The molecule has 2 fully saturated rings. The van der Waals surface area contributed by atoms with Gasteiger partial charge in [-0.15, -0.1) is 0 Å². The fraction of sp³-hybridized carbons (Fsp3) is 0.458. The highest BCUT2D eigenvalue weighted by Crippen LogP contribution is 2.54. The number of hydrogen-bond donors (Lipinski definition) is 3. The summed E-state index contributed by atoms with van der Waals surface area (Å²) in [6, 6.07) is 6.66. The standard InChI is InChI=1S/C24H26Cl2F2N2O2/c1-23(2,12-6-7-12)11-18-24(29,15-9-8-13(25)10-17(15)27)19(21(30-18)22(31)32)14-4-3-5-16(26)20(14)28/h3-5,8-10,12,18-19,21,30H,6-7,11,29H2,1-2H3,(H,31,32). The van der Waals surface area contributed by atoms with Crippen molar-refractivity contribution in [3.8, 4) is 0 Å². The second-order valence-corrected chi connectivity index (χ2v) is 10.5. The van der Waals surface area contributed by atoms with Gasteiger partial charge in [-0.05, 0) is 54.4 Å². The summed E-state index contributed by atoms with van der Waals surface area (Å²) in [6.45, 7) is 4.21. The molecule has 4 N–H and O–H groups in total. The maximum atomic E-state index is 15.3. The van der Waals surface area contributed by atoms with Crippen molar-refractivity contribution in [3.05, 3.63) is 69.2 Å². The molecule has 4 unspecified atom stereocenters. The van der Waals surface area contributed by atoms with Crippen molar-refractivity contribution < 1.29 is 18.7 Å². The average Bonchev–Trinajstić information content (AvgIpc) is 3.51. The van der Waals surface area contributed by atoms with Crippen molar-refractivity contribution in [3.63, 3.8) is 0 Å². The molecular formula is C24H26Cl2F2N2O2. The molecule has 4 rings (SSSR count). The Bertz CT molecular complexity index is 1060. The van der Waals surface area contributed by atoms with E-state index >= 15 is 8.78 Å². The Balaban J connectivity index is 1.93. The predicted octanol–water partition coefficient (Wildman–Crippen LogP) is 5.46. The monoisotopic (exact) mass is 482 g/mol. The smallest absolute Gasteiger partial charge is 0.321 e. The maximum Gasteiger partial charge on any atom is 0.321 e. The maximum absolute atomic E-state index is 15.3. The number of rotatable bonds is 6. The molecular weight excluding hydrogens is 457 g/mol. The van der Waals surface area contributed by atoms with E-state index in [0.29, 0.717) is 12.3 Å². The van der Waals surface area contributed by atoms with Gasteiger partial charge in [-0.3, -0.25) is 10.1 Å². The molecule has 172 valence electrons. The van der Waals surface area contributed by atoms with Gasteiger partial charge in [0.15, 0.2) is 0 Å². The van der Waals surface area contributed by atoms with Gasteiger partial charge in [-0.25, -0.2) is 8.78 Å². The second kappa shape index (κ2) is 8.24. The Hall–Kier alpha value is -1.73. The molecule has 1 saturated heterocycles. The first-order valence-electron chi connectivity index (χ1n) is 10.6. The van der Waals surface area contributed by atoms with Gasteiger partial charge in [0.2, 0.25) is 0 Å². The molecule has 2 aromatic carbocycles. The molecule has 0 aromatic heterocycles. The minimum Gasteiger partial charge on any atom is -0.480 e. The van der Waals surface area contributed by atoms with Crippen LogP contribution in [0, 0.1) is 23.0 Å². The zero-order chi connectivity index (χ0) is 23.4. The Morgan fingerprint density at radius 2 is 1.94 bits per heavy atom. The van der Waals surface area contributed by atoms with Crippen LogP contribution in [0.4, 0.5) is 8.78 Å². The third kappa shape index (κ3) is 3.92. The summed E-state index contributed by atoms with van der Waals surface area (Å²) in [5.74, 6) is -3.22. The molecule has 0 bridgehead atoms. The van der Waals surface area contributed by atoms with E-state index in [1.165, 1.54) is 24.3 Å². The number of nitrogens with two attached hydrogens (primary N) is 1. The highest BCUT2D eigenvalue weighted by atomic mass is 35.5. The Labute approximate surface area is 196 Å². The fourth-order valence-corrected chi connectivity index (χ4v) is 5.68. The van der Waals surface area contributed by atoms with Crippen molar-refractivity contribution in [1.82, 2.24) is 5.32 Å². The molecule has 32 heavy (non-hydrogen) atoms. The van der Waals surface area contributed by atoms with Crippen molar-refractivity contribution in [2.24, 2.45) is 17.1 Å². The lowest BCUT2D eigenvalue weighted by Crippen LogP contribution is -2.52. The summed E-state index contributed by atoms with van der Waals surface area (Å²) in [4.78, 5) is 12.3. The van der Waals surface area contributed by atoms with E-state index in [4.69, 9.17) is 28.9 Å². The first kappa shape index (κ1) is 23.4. The second-order valence-electron chi connectivity index (χ2n) is 9.68. The predicted molar refractivity (Wildman–Crippen MR) is 121 cm³/mol. The molecule has 1 aliphatic carbocycles. The summed E-state index contributed by atoms with van der Waals surface area (Å²) in [5.41, 5.74) is 5.43. The van der Waals surface area contributed by atoms with Crippen LogP contribution in [0.25, 0.3) is 0 Å². The molecule has 0 spiro atoms. The summed E-state index contributed by atoms with van der Waals surface area (Å²) < 4.78 is 30.5. The molecule has 2 aromatic rings. The van der Waals surface area contributed by atoms with Gasteiger partial charge < -0.3 is 10.8 Å². The van der Waals surface area contributed by atoms with Gasteiger partial charge in [0.1, 0.15) is 17.7 Å². The van der Waals surface area contributed by atoms with Crippen molar-refractivity contribution in [1.29, 1.82) is 0 Å².